The van der Waals surface area contributed by atoms with Crippen LogP contribution in [0, 0.1) is 0 Å². The number of hydrogen-bond acceptors (Lipinski definition) is 6. The molecule has 162 valence electrons. The molecule has 1 N–H and O–H groups in total. The monoisotopic (exact) mass is 453 g/mol. The van der Waals surface area contributed by atoms with Gasteiger partial charge in [-0.3, -0.25) is 9.48 Å². The number of para-hydroxylation sites is 1. The summed E-state index contributed by atoms with van der Waals surface area (Å²) in [6.07, 6.45) is 4.66. The largest absolute Gasteiger partial charge is 0.336 e. The van der Waals surface area contributed by atoms with Crippen LogP contribution in [0.15, 0.2) is 36.9 Å². The van der Waals surface area contributed by atoms with Crippen LogP contribution in [0.25, 0.3) is 10.2 Å². The molecule has 2 aromatic heterocycles. The lowest BCUT2D eigenvalue weighted by molar-refractivity contribution is 0.0764. The van der Waals surface area contributed by atoms with E-state index in [2.05, 4.69) is 30.1 Å². The van der Waals surface area contributed by atoms with Gasteiger partial charge in [0.25, 0.3) is 5.91 Å². The molecule has 3 aromatic rings. The van der Waals surface area contributed by atoms with Crippen LogP contribution in [0.5, 0.6) is 0 Å². The van der Waals surface area contributed by atoms with Crippen molar-refractivity contribution in [2.75, 3.05) is 24.6 Å². The van der Waals surface area contributed by atoms with E-state index >= 15 is 0 Å². The van der Waals surface area contributed by atoms with Gasteiger partial charge < -0.3 is 10.2 Å². The number of carbonyl (C=O) groups excluding carboxylic acids is 1. The van der Waals surface area contributed by atoms with Gasteiger partial charge in [0.1, 0.15) is 5.01 Å². The van der Waals surface area contributed by atoms with Gasteiger partial charge in [-0.1, -0.05) is 18.2 Å². The Bertz CT molecular complexity index is 1070. The Kier molecular flexibility index (Phi) is 6.11. The second-order valence-corrected chi connectivity index (χ2v) is 10.4. The van der Waals surface area contributed by atoms with Crippen LogP contribution >= 0.6 is 23.1 Å². The highest BCUT2D eigenvalue weighted by Crippen LogP contribution is 2.28. The molecule has 31 heavy (non-hydrogen) atoms. The summed E-state index contributed by atoms with van der Waals surface area (Å²) in [5.74, 6) is 2.10. The minimum atomic E-state index is 0.0891. The quantitative estimate of drug-likeness (QED) is 0.579. The second kappa shape index (κ2) is 9.14. The third kappa shape index (κ3) is 4.29. The topological polar surface area (TPSA) is 63.1 Å². The van der Waals surface area contributed by atoms with Crippen LogP contribution in [-0.4, -0.2) is 56.2 Å². The summed E-state index contributed by atoms with van der Waals surface area (Å²) in [6.45, 7) is 6.90. The van der Waals surface area contributed by atoms with Crippen molar-refractivity contribution in [2.24, 2.45) is 0 Å². The zero-order valence-electron chi connectivity index (χ0n) is 17.5. The number of aromatic nitrogens is 3. The van der Waals surface area contributed by atoms with Gasteiger partial charge in [-0.25, -0.2) is 4.98 Å². The van der Waals surface area contributed by atoms with Gasteiger partial charge in [0, 0.05) is 48.4 Å². The van der Waals surface area contributed by atoms with E-state index in [0.717, 1.165) is 66.5 Å². The maximum absolute atomic E-state index is 13.3. The molecule has 0 bridgehead atoms. The molecule has 1 fully saturated rings. The summed E-state index contributed by atoms with van der Waals surface area (Å²) in [5, 5.41) is 9.54. The molecule has 1 aromatic carbocycles. The number of hydrogen-bond donors (Lipinski definition) is 1. The molecule has 0 radical (unpaired) electrons. The predicted molar refractivity (Wildman–Crippen MR) is 128 cm³/mol. The molecule has 3 heterocycles. The molecule has 5 rings (SSSR count). The molecule has 1 atom stereocenters. The highest BCUT2D eigenvalue weighted by molar-refractivity contribution is 7.99. The number of benzene rings is 1. The fourth-order valence-electron chi connectivity index (χ4n) is 4.45. The Morgan fingerprint density at radius 2 is 2.13 bits per heavy atom. The van der Waals surface area contributed by atoms with Gasteiger partial charge in [0.05, 0.1) is 16.8 Å². The van der Waals surface area contributed by atoms with Gasteiger partial charge in [-0.15, -0.1) is 17.9 Å². The summed E-state index contributed by atoms with van der Waals surface area (Å²) in [7, 11) is 0. The number of nitrogens with zero attached hydrogens (tertiary/aromatic N) is 4. The minimum Gasteiger partial charge on any atom is -0.336 e. The van der Waals surface area contributed by atoms with E-state index < -0.39 is 0 Å². The second-order valence-electron chi connectivity index (χ2n) is 8.05. The van der Waals surface area contributed by atoms with Crippen LogP contribution in [0.3, 0.4) is 0 Å². The molecule has 0 saturated carbocycles. The average molecular weight is 454 g/mol. The molecule has 0 unspecified atom stereocenters. The fraction of sp³-hybridized carbons (Fsp3) is 0.435. The number of carbonyl (C=O) groups is 1. The van der Waals surface area contributed by atoms with Crippen molar-refractivity contribution in [1.29, 1.82) is 0 Å². The Balaban J connectivity index is 1.33. The molecule has 0 spiro atoms. The summed E-state index contributed by atoms with van der Waals surface area (Å²) in [6, 6.07) is 8.59. The summed E-state index contributed by atoms with van der Waals surface area (Å²) in [5.41, 5.74) is 4.04. The van der Waals surface area contributed by atoms with Crippen molar-refractivity contribution < 1.29 is 4.79 Å². The van der Waals surface area contributed by atoms with Crippen LogP contribution in [-0.2, 0) is 25.9 Å². The van der Waals surface area contributed by atoms with Gasteiger partial charge in [-0.2, -0.15) is 16.9 Å². The number of amides is 1. The van der Waals surface area contributed by atoms with E-state index in [0.29, 0.717) is 18.3 Å². The lowest BCUT2D eigenvalue weighted by Crippen LogP contribution is -2.39. The zero-order valence-corrected chi connectivity index (χ0v) is 19.2. The summed E-state index contributed by atoms with van der Waals surface area (Å²) >= 11 is 3.66. The van der Waals surface area contributed by atoms with Crippen LogP contribution in [0.4, 0.5) is 0 Å². The molecular weight excluding hydrogens is 426 g/mol. The van der Waals surface area contributed by atoms with Crippen molar-refractivity contribution >= 4 is 39.2 Å². The first-order valence-corrected chi connectivity index (χ1v) is 12.8. The summed E-state index contributed by atoms with van der Waals surface area (Å²) < 4.78 is 3.21. The predicted octanol–water partition coefficient (Wildman–Crippen LogP) is 3.51. The number of thioether (sulfide) groups is 1. The van der Waals surface area contributed by atoms with E-state index in [9.17, 15) is 4.79 Å². The zero-order chi connectivity index (χ0) is 21.2. The van der Waals surface area contributed by atoms with Crippen LogP contribution in [0.2, 0.25) is 0 Å². The summed E-state index contributed by atoms with van der Waals surface area (Å²) in [4.78, 5) is 20.0. The molecular formula is C23H27N5OS2. The lowest BCUT2D eigenvalue weighted by atomic mass is 9.91. The van der Waals surface area contributed by atoms with Crippen molar-refractivity contribution in [3.05, 3.63) is 58.9 Å². The van der Waals surface area contributed by atoms with Crippen molar-refractivity contribution in [2.45, 2.75) is 38.4 Å². The number of fused-ring (bicyclic) bond motifs is 2. The third-order valence-corrected chi connectivity index (χ3v) is 8.01. The van der Waals surface area contributed by atoms with Crippen LogP contribution < -0.4 is 5.32 Å². The first kappa shape index (κ1) is 20.7. The van der Waals surface area contributed by atoms with E-state index in [4.69, 9.17) is 10.1 Å². The number of rotatable bonds is 6. The first-order chi connectivity index (χ1) is 15.2. The number of allylic oxidation sites excluding steroid dienone is 1. The standard InChI is InChI=1S/C23H27N5OS2/c1-2-9-28-19-8-7-16(24-15-21-25-18-5-3-4-6-20(18)31-21)14-17(19)22(26-28)23(29)27-10-12-30-13-11-27/h2-6,16,24H,1,7-15H2/t16-/m0/s1. The number of thiazole rings is 1. The van der Waals surface area contributed by atoms with E-state index in [1.807, 2.05) is 33.5 Å². The molecule has 1 amide bonds. The minimum absolute atomic E-state index is 0.0891. The Labute approximate surface area is 190 Å². The van der Waals surface area contributed by atoms with Crippen molar-refractivity contribution in [3.8, 4) is 0 Å². The lowest BCUT2D eigenvalue weighted by Gasteiger charge is -2.27. The fourth-order valence-corrected chi connectivity index (χ4v) is 6.27. The SMILES string of the molecule is C=CCn1nc(C(=O)N2CCSCC2)c2c1CC[C@H](NCc1nc3ccccc3s1)C2. The third-order valence-electron chi connectivity index (χ3n) is 6.03. The molecule has 1 saturated heterocycles. The van der Waals surface area contributed by atoms with Gasteiger partial charge >= 0.3 is 0 Å². The normalized spacial score (nSPS) is 18.8. The smallest absolute Gasteiger partial charge is 0.274 e. The van der Waals surface area contributed by atoms with E-state index in [1.165, 1.54) is 10.4 Å². The number of nitrogens with one attached hydrogen (secondary N) is 1. The van der Waals surface area contributed by atoms with Crippen molar-refractivity contribution in [3.63, 3.8) is 0 Å². The maximum Gasteiger partial charge on any atom is 0.274 e. The molecule has 1 aliphatic carbocycles. The molecule has 1 aliphatic heterocycles. The molecule has 6 nitrogen and oxygen atoms in total. The van der Waals surface area contributed by atoms with Gasteiger partial charge in [0.15, 0.2) is 5.69 Å². The first-order valence-electron chi connectivity index (χ1n) is 10.9. The molecule has 8 heteroatoms. The average Bonchev–Trinajstić information content (AvgIpc) is 3.39. The maximum atomic E-state index is 13.3. The van der Waals surface area contributed by atoms with E-state index in [1.54, 1.807) is 11.3 Å². The van der Waals surface area contributed by atoms with Crippen molar-refractivity contribution in [1.82, 2.24) is 25.0 Å². The van der Waals surface area contributed by atoms with Gasteiger partial charge in [-0.05, 0) is 31.4 Å². The highest BCUT2D eigenvalue weighted by Gasteiger charge is 2.31. The Hall–Kier alpha value is -2.16. The Morgan fingerprint density at radius 1 is 1.29 bits per heavy atom. The highest BCUT2D eigenvalue weighted by atomic mass is 32.2. The van der Waals surface area contributed by atoms with Gasteiger partial charge in [0.2, 0.25) is 0 Å². The van der Waals surface area contributed by atoms with E-state index in [-0.39, 0.29) is 5.91 Å². The van der Waals surface area contributed by atoms with Crippen LogP contribution in [0.1, 0.15) is 33.2 Å². The molecule has 2 aliphatic rings. The Morgan fingerprint density at radius 3 is 2.94 bits per heavy atom.